The van der Waals surface area contributed by atoms with Crippen LogP contribution in [0.3, 0.4) is 0 Å². The third-order valence-corrected chi connectivity index (χ3v) is 6.64. The zero-order valence-corrected chi connectivity index (χ0v) is 23.3. The number of nitrogens with two attached hydrogens (primary N) is 2. The molecular weight excluding hydrogens is 541 g/mol. The molecular formula is C27H35ClFN7O4. The van der Waals surface area contributed by atoms with E-state index in [-0.39, 0.29) is 29.8 Å². The van der Waals surface area contributed by atoms with E-state index in [0.29, 0.717) is 24.2 Å². The van der Waals surface area contributed by atoms with Crippen LogP contribution >= 0.6 is 11.6 Å². The molecule has 216 valence electrons. The van der Waals surface area contributed by atoms with Crippen molar-refractivity contribution >= 4 is 46.8 Å². The van der Waals surface area contributed by atoms with Gasteiger partial charge in [-0.3, -0.25) is 19.5 Å². The van der Waals surface area contributed by atoms with Crippen LogP contribution in [-0.4, -0.2) is 50.1 Å². The Balaban J connectivity index is 1.89. The van der Waals surface area contributed by atoms with Crippen LogP contribution in [0.5, 0.6) is 0 Å². The molecule has 1 heterocycles. The van der Waals surface area contributed by atoms with Crippen molar-refractivity contribution in [1.29, 1.82) is 0 Å². The highest BCUT2D eigenvalue weighted by molar-refractivity contribution is 6.39. The van der Waals surface area contributed by atoms with Gasteiger partial charge in [-0.25, -0.2) is 9.18 Å². The summed E-state index contributed by atoms with van der Waals surface area (Å²) in [4.78, 5) is 44.6. The van der Waals surface area contributed by atoms with Crippen LogP contribution in [0.2, 0.25) is 5.02 Å². The maximum absolute atomic E-state index is 13.8. The van der Waals surface area contributed by atoms with Crippen LogP contribution in [0.15, 0.2) is 41.4 Å². The van der Waals surface area contributed by atoms with E-state index in [9.17, 15) is 18.8 Å². The number of aliphatic imine (C=N–C) groups is 1. The minimum absolute atomic E-state index is 0.0518. The first-order chi connectivity index (χ1) is 19.2. The topological polar surface area (TPSA) is 164 Å². The monoisotopic (exact) mass is 575 g/mol. The number of hydrogen-bond donors (Lipinski definition) is 5. The molecule has 0 fully saturated rings. The average molecular weight is 576 g/mol. The molecule has 3 amide bonds. The van der Waals surface area contributed by atoms with Crippen LogP contribution in [0.25, 0.3) is 0 Å². The Kier molecular flexibility index (Phi) is 11.1. The van der Waals surface area contributed by atoms with Gasteiger partial charge in [-0.2, -0.15) is 0 Å². The first-order valence-corrected chi connectivity index (χ1v) is 13.4. The second kappa shape index (κ2) is 14.5. The lowest BCUT2D eigenvalue weighted by Crippen LogP contribution is -2.48. The average Bonchev–Trinajstić information content (AvgIpc) is 3.21. The molecule has 0 aliphatic carbocycles. The number of hydrogen-bond acceptors (Lipinski definition) is 6. The van der Waals surface area contributed by atoms with Crippen molar-refractivity contribution in [3.63, 3.8) is 0 Å². The number of nitrogens with zero attached hydrogens (tertiary/aromatic N) is 2. The lowest BCUT2D eigenvalue weighted by molar-refractivity contribution is -0.136. The second-order valence-corrected chi connectivity index (χ2v) is 9.74. The fraction of sp³-hybridized carbons (Fsp3) is 0.407. The Labute approximate surface area is 237 Å². The van der Waals surface area contributed by atoms with Crippen LogP contribution in [0, 0.1) is 5.82 Å². The molecule has 0 saturated heterocycles. The molecule has 1 aliphatic heterocycles. The molecule has 2 aromatic carbocycles. The fourth-order valence-corrected chi connectivity index (χ4v) is 4.55. The summed E-state index contributed by atoms with van der Waals surface area (Å²) in [5.41, 5.74) is 13.2. The van der Waals surface area contributed by atoms with Gasteiger partial charge in [0, 0.05) is 17.8 Å². The van der Waals surface area contributed by atoms with Crippen molar-refractivity contribution < 1.29 is 23.5 Å². The summed E-state index contributed by atoms with van der Waals surface area (Å²) in [5.74, 6) is -2.99. The van der Waals surface area contributed by atoms with Crippen molar-refractivity contribution in [2.24, 2.45) is 16.5 Å². The molecule has 0 spiro atoms. The van der Waals surface area contributed by atoms with Crippen molar-refractivity contribution in [3.05, 3.63) is 58.4 Å². The van der Waals surface area contributed by atoms with Crippen LogP contribution in [0.4, 0.5) is 20.6 Å². The summed E-state index contributed by atoms with van der Waals surface area (Å²) < 4.78 is 19.4. The smallest absolute Gasteiger partial charge is 0.414 e. The number of carbonyl (C=O) groups is 3. The largest absolute Gasteiger partial charge is 0.449 e. The van der Waals surface area contributed by atoms with Gasteiger partial charge < -0.3 is 32.2 Å². The fourth-order valence-electron chi connectivity index (χ4n) is 4.43. The summed E-state index contributed by atoms with van der Waals surface area (Å²) in [7, 11) is 1.80. The van der Waals surface area contributed by atoms with E-state index < -0.39 is 35.8 Å². The summed E-state index contributed by atoms with van der Waals surface area (Å²) in [6, 6.07) is 7.42. The molecule has 11 nitrogen and oxygen atoms in total. The normalized spacial score (nSPS) is 15.8. The predicted molar refractivity (Wildman–Crippen MR) is 153 cm³/mol. The number of carbonyl (C=O) groups excluding carboxylic acids is 3. The summed E-state index contributed by atoms with van der Waals surface area (Å²) in [6.45, 7) is 2.78. The zero-order chi connectivity index (χ0) is 29.2. The third kappa shape index (κ3) is 7.82. The molecule has 1 aliphatic rings. The molecule has 13 heteroatoms. The Bertz CT molecular complexity index is 1260. The van der Waals surface area contributed by atoms with E-state index in [1.807, 2.05) is 12.1 Å². The van der Waals surface area contributed by atoms with E-state index in [4.69, 9.17) is 27.8 Å². The van der Waals surface area contributed by atoms with Gasteiger partial charge in [0.2, 0.25) is 0 Å². The van der Waals surface area contributed by atoms with E-state index in [2.05, 4.69) is 27.9 Å². The predicted octanol–water partition coefficient (Wildman–Crippen LogP) is 3.17. The van der Waals surface area contributed by atoms with E-state index in [0.717, 1.165) is 30.9 Å². The number of benzene rings is 2. The number of unbranched alkanes of at least 4 members (excludes halogenated alkanes) is 3. The number of nitrogens with one attached hydrogen (secondary N) is 3. The Morgan fingerprint density at radius 2 is 1.88 bits per heavy atom. The number of amides is 3. The number of rotatable bonds is 11. The minimum Gasteiger partial charge on any atom is -0.449 e. The number of fused-ring (bicyclic) bond motifs is 1. The molecule has 40 heavy (non-hydrogen) atoms. The zero-order valence-electron chi connectivity index (χ0n) is 22.5. The molecule has 0 radical (unpaired) electrons. The SMILES string of the molecule is CCCCCCOC(=O)N1c2cc(CNC)ccc2[C@H](NC(=O)C(=O)Nc2ccc(Cl)c(F)c2)[C@H]1CN=C(N)N. The highest BCUT2D eigenvalue weighted by Crippen LogP contribution is 2.41. The van der Waals surface area contributed by atoms with Gasteiger partial charge in [0.1, 0.15) is 5.82 Å². The number of anilines is 2. The summed E-state index contributed by atoms with van der Waals surface area (Å²) in [5, 5.41) is 7.98. The van der Waals surface area contributed by atoms with Crippen molar-refractivity contribution in [2.75, 3.05) is 30.4 Å². The van der Waals surface area contributed by atoms with Gasteiger partial charge in [-0.05, 0) is 43.3 Å². The van der Waals surface area contributed by atoms with Gasteiger partial charge in [0.25, 0.3) is 0 Å². The van der Waals surface area contributed by atoms with Gasteiger partial charge in [0.15, 0.2) is 5.96 Å². The Morgan fingerprint density at radius 3 is 2.55 bits per heavy atom. The number of halogens is 2. The molecule has 2 atom stereocenters. The lowest BCUT2D eigenvalue weighted by atomic mass is 10.0. The molecule has 0 saturated carbocycles. The van der Waals surface area contributed by atoms with Gasteiger partial charge in [-0.1, -0.05) is 49.9 Å². The number of guanidine groups is 1. The molecule has 7 N–H and O–H groups in total. The van der Waals surface area contributed by atoms with Crippen molar-refractivity contribution in [1.82, 2.24) is 10.6 Å². The summed E-state index contributed by atoms with van der Waals surface area (Å²) >= 11 is 5.69. The Hall–Kier alpha value is -3.90. The minimum atomic E-state index is -1.03. The van der Waals surface area contributed by atoms with Crippen LogP contribution in [-0.2, 0) is 20.9 Å². The van der Waals surface area contributed by atoms with Crippen LogP contribution < -0.4 is 32.3 Å². The molecule has 2 aromatic rings. The van der Waals surface area contributed by atoms with E-state index in [1.165, 1.54) is 17.0 Å². The Morgan fingerprint density at radius 1 is 1.10 bits per heavy atom. The molecule has 0 aromatic heterocycles. The van der Waals surface area contributed by atoms with Crippen molar-refractivity contribution in [3.8, 4) is 0 Å². The summed E-state index contributed by atoms with van der Waals surface area (Å²) in [6.07, 6.45) is 3.10. The highest BCUT2D eigenvalue weighted by atomic mass is 35.5. The van der Waals surface area contributed by atoms with Gasteiger partial charge >= 0.3 is 17.9 Å². The molecule has 0 bridgehead atoms. The van der Waals surface area contributed by atoms with Gasteiger partial charge in [0.05, 0.1) is 35.9 Å². The van der Waals surface area contributed by atoms with E-state index >= 15 is 0 Å². The maximum atomic E-state index is 13.8. The standard InChI is InChI=1S/C27H35ClFN7O4/c1-3-4-5-6-11-40-27(39)36-21-12-16(14-32-2)7-9-18(21)23(22(36)15-33-26(30)31)35-25(38)24(37)34-17-8-10-19(28)20(29)13-17/h7-10,12-13,22-23,32H,3-6,11,14-15H2,1-2H3,(H,34,37)(H,35,38)(H4,30,31,33)/t22-,23+/m1/s1. The van der Waals surface area contributed by atoms with Gasteiger partial charge in [-0.15, -0.1) is 0 Å². The first kappa shape index (κ1) is 30.6. The van der Waals surface area contributed by atoms with E-state index in [1.54, 1.807) is 13.1 Å². The second-order valence-electron chi connectivity index (χ2n) is 9.34. The van der Waals surface area contributed by atoms with Crippen molar-refractivity contribution in [2.45, 2.75) is 51.2 Å². The highest BCUT2D eigenvalue weighted by Gasteiger charge is 2.44. The molecule has 3 rings (SSSR count). The first-order valence-electron chi connectivity index (χ1n) is 13.0. The van der Waals surface area contributed by atoms with Crippen LogP contribution in [0.1, 0.15) is 49.8 Å². The number of ether oxygens (including phenoxy) is 1. The lowest BCUT2D eigenvalue weighted by Gasteiger charge is -2.27. The molecule has 0 unspecified atom stereocenters. The quantitative estimate of drug-likeness (QED) is 0.119. The third-order valence-electron chi connectivity index (χ3n) is 6.34. The maximum Gasteiger partial charge on any atom is 0.414 e.